The van der Waals surface area contributed by atoms with Crippen molar-refractivity contribution < 1.29 is 4.79 Å². The molecule has 3 rings (SSSR count). The quantitative estimate of drug-likeness (QED) is 0.756. The molecule has 0 atom stereocenters. The van der Waals surface area contributed by atoms with E-state index in [1.165, 1.54) is 0 Å². The van der Waals surface area contributed by atoms with Gasteiger partial charge in [0.05, 0.1) is 5.54 Å². The second-order valence-electron chi connectivity index (χ2n) is 6.29. The van der Waals surface area contributed by atoms with Gasteiger partial charge in [-0.1, -0.05) is 46.3 Å². The molecule has 2 amide bonds. The van der Waals surface area contributed by atoms with E-state index < -0.39 is 0 Å². The van der Waals surface area contributed by atoms with Crippen LogP contribution in [0.4, 0.5) is 10.5 Å². The molecule has 120 valence electrons. The minimum Gasteiger partial charge on any atom is -0.328 e. The topological polar surface area (TPSA) is 41.1 Å². The molecule has 1 aliphatic rings. The third-order valence-electron chi connectivity index (χ3n) is 4.66. The SMILES string of the molecule is Cc1cccc(C)c1NC(=O)NC1(c2cccc(Br)c2)CCC1. The molecule has 0 heterocycles. The van der Waals surface area contributed by atoms with Crippen LogP contribution in [0.3, 0.4) is 0 Å². The van der Waals surface area contributed by atoms with E-state index in [1.54, 1.807) is 0 Å². The molecule has 0 unspecified atom stereocenters. The number of rotatable bonds is 3. The van der Waals surface area contributed by atoms with Crippen LogP contribution in [0.15, 0.2) is 46.9 Å². The van der Waals surface area contributed by atoms with Gasteiger partial charge in [0.15, 0.2) is 0 Å². The molecule has 2 aromatic carbocycles. The van der Waals surface area contributed by atoms with Crippen molar-refractivity contribution in [3.8, 4) is 0 Å². The largest absolute Gasteiger partial charge is 0.328 e. The lowest BCUT2D eigenvalue weighted by atomic mass is 9.72. The molecule has 1 aliphatic carbocycles. The highest BCUT2D eigenvalue weighted by Gasteiger charge is 2.40. The number of aryl methyl sites for hydroxylation is 2. The standard InChI is InChI=1S/C19H21BrN2O/c1-13-6-3-7-14(2)17(13)21-18(23)22-19(10-5-11-19)15-8-4-9-16(20)12-15/h3-4,6-9,12H,5,10-11H2,1-2H3,(H2,21,22,23). The molecule has 2 aromatic rings. The van der Waals surface area contributed by atoms with E-state index in [-0.39, 0.29) is 11.6 Å². The lowest BCUT2D eigenvalue weighted by molar-refractivity contribution is 0.185. The summed E-state index contributed by atoms with van der Waals surface area (Å²) in [4.78, 5) is 12.5. The van der Waals surface area contributed by atoms with Crippen LogP contribution in [0.2, 0.25) is 0 Å². The van der Waals surface area contributed by atoms with E-state index in [2.05, 4.69) is 38.7 Å². The van der Waals surface area contributed by atoms with Crippen molar-refractivity contribution in [3.05, 3.63) is 63.6 Å². The average Bonchev–Trinajstić information content (AvgIpc) is 2.47. The second kappa shape index (κ2) is 6.36. The van der Waals surface area contributed by atoms with Crippen LogP contribution in [-0.4, -0.2) is 6.03 Å². The summed E-state index contributed by atoms with van der Waals surface area (Å²) in [6.45, 7) is 4.02. The highest BCUT2D eigenvalue weighted by Crippen LogP contribution is 2.42. The van der Waals surface area contributed by atoms with Crippen molar-refractivity contribution in [3.63, 3.8) is 0 Å². The van der Waals surface area contributed by atoms with Crippen LogP contribution in [-0.2, 0) is 5.54 Å². The van der Waals surface area contributed by atoms with E-state index in [0.29, 0.717) is 0 Å². The summed E-state index contributed by atoms with van der Waals surface area (Å²) in [5, 5.41) is 6.23. The Hall–Kier alpha value is -1.81. The zero-order valence-electron chi connectivity index (χ0n) is 13.4. The third kappa shape index (κ3) is 3.27. The Kier molecular flexibility index (Phi) is 4.44. The number of nitrogens with one attached hydrogen (secondary N) is 2. The fourth-order valence-electron chi connectivity index (χ4n) is 3.18. The van der Waals surface area contributed by atoms with Gasteiger partial charge in [-0.3, -0.25) is 0 Å². The predicted molar refractivity (Wildman–Crippen MR) is 97.7 cm³/mol. The molecule has 0 radical (unpaired) electrons. The summed E-state index contributed by atoms with van der Waals surface area (Å²) in [6.07, 6.45) is 3.09. The summed E-state index contributed by atoms with van der Waals surface area (Å²) < 4.78 is 1.04. The molecule has 0 aromatic heterocycles. The maximum atomic E-state index is 12.5. The fourth-order valence-corrected chi connectivity index (χ4v) is 3.58. The van der Waals surface area contributed by atoms with E-state index in [4.69, 9.17) is 0 Å². The van der Waals surface area contributed by atoms with E-state index in [1.807, 2.05) is 44.2 Å². The van der Waals surface area contributed by atoms with Gasteiger partial charge in [0.2, 0.25) is 0 Å². The molecule has 0 saturated heterocycles. The molecule has 4 heteroatoms. The van der Waals surface area contributed by atoms with E-state index in [9.17, 15) is 4.79 Å². The first-order valence-electron chi connectivity index (χ1n) is 7.92. The Morgan fingerprint density at radius 3 is 2.30 bits per heavy atom. The van der Waals surface area contributed by atoms with Crippen molar-refractivity contribution >= 4 is 27.6 Å². The van der Waals surface area contributed by atoms with Crippen molar-refractivity contribution in [2.45, 2.75) is 38.6 Å². The minimum absolute atomic E-state index is 0.137. The Morgan fingerprint density at radius 1 is 1.09 bits per heavy atom. The first kappa shape index (κ1) is 16.1. The van der Waals surface area contributed by atoms with Crippen LogP contribution in [0.25, 0.3) is 0 Å². The predicted octanol–water partition coefficient (Wildman–Crippen LogP) is 5.27. The van der Waals surface area contributed by atoms with E-state index in [0.717, 1.165) is 46.1 Å². The number of carbonyl (C=O) groups is 1. The molecular weight excluding hydrogens is 352 g/mol. The lowest BCUT2D eigenvalue weighted by Gasteiger charge is -2.43. The highest BCUT2D eigenvalue weighted by molar-refractivity contribution is 9.10. The molecule has 0 aliphatic heterocycles. The number of benzene rings is 2. The number of urea groups is 1. The molecule has 3 nitrogen and oxygen atoms in total. The van der Waals surface area contributed by atoms with Crippen molar-refractivity contribution in [1.82, 2.24) is 5.32 Å². The number of amides is 2. The van der Waals surface area contributed by atoms with Gasteiger partial charge in [0.1, 0.15) is 0 Å². The van der Waals surface area contributed by atoms with Gasteiger partial charge in [-0.2, -0.15) is 0 Å². The first-order chi connectivity index (χ1) is 11.0. The number of hydrogen-bond donors (Lipinski definition) is 2. The van der Waals surface area contributed by atoms with Crippen LogP contribution < -0.4 is 10.6 Å². The van der Waals surface area contributed by atoms with Crippen LogP contribution in [0, 0.1) is 13.8 Å². The summed E-state index contributed by atoms with van der Waals surface area (Å²) in [6, 6.07) is 14.1. The van der Waals surface area contributed by atoms with Gasteiger partial charge >= 0.3 is 6.03 Å². The van der Waals surface area contributed by atoms with Crippen molar-refractivity contribution in [2.24, 2.45) is 0 Å². The van der Waals surface area contributed by atoms with Gasteiger partial charge in [0.25, 0.3) is 0 Å². The molecular formula is C19H21BrN2O. The van der Waals surface area contributed by atoms with Crippen molar-refractivity contribution in [1.29, 1.82) is 0 Å². The van der Waals surface area contributed by atoms with Crippen molar-refractivity contribution in [2.75, 3.05) is 5.32 Å². The number of hydrogen-bond acceptors (Lipinski definition) is 1. The second-order valence-corrected chi connectivity index (χ2v) is 7.21. The van der Waals surface area contributed by atoms with Gasteiger partial charge < -0.3 is 10.6 Å². The zero-order chi connectivity index (χ0) is 16.4. The maximum absolute atomic E-state index is 12.5. The Labute approximate surface area is 145 Å². The molecule has 0 spiro atoms. The summed E-state index contributed by atoms with van der Waals surface area (Å²) in [7, 11) is 0. The third-order valence-corrected chi connectivity index (χ3v) is 5.15. The van der Waals surface area contributed by atoms with Gasteiger partial charge in [-0.25, -0.2) is 4.79 Å². The highest BCUT2D eigenvalue weighted by atomic mass is 79.9. The normalized spacial score (nSPS) is 15.6. The molecule has 0 bridgehead atoms. The van der Waals surface area contributed by atoms with E-state index >= 15 is 0 Å². The molecule has 23 heavy (non-hydrogen) atoms. The maximum Gasteiger partial charge on any atom is 0.319 e. The molecule has 1 saturated carbocycles. The number of anilines is 1. The Balaban J connectivity index is 1.78. The van der Waals surface area contributed by atoms with Crippen LogP contribution >= 0.6 is 15.9 Å². The smallest absolute Gasteiger partial charge is 0.319 e. The van der Waals surface area contributed by atoms with Gasteiger partial charge in [0, 0.05) is 10.2 Å². The number of para-hydroxylation sites is 1. The minimum atomic E-state index is -0.246. The Morgan fingerprint density at radius 2 is 1.74 bits per heavy atom. The van der Waals surface area contributed by atoms with Crippen LogP contribution in [0.5, 0.6) is 0 Å². The average molecular weight is 373 g/mol. The Bertz CT molecular complexity index is 718. The molecule has 1 fully saturated rings. The molecule has 2 N–H and O–H groups in total. The summed E-state index contributed by atoms with van der Waals surface area (Å²) >= 11 is 3.52. The summed E-state index contributed by atoms with van der Waals surface area (Å²) in [5.41, 5.74) is 3.96. The zero-order valence-corrected chi connectivity index (χ0v) is 15.0. The van der Waals surface area contributed by atoms with Crippen LogP contribution in [0.1, 0.15) is 36.0 Å². The first-order valence-corrected chi connectivity index (χ1v) is 8.71. The number of carbonyl (C=O) groups excluding carboxylic acids is 1. The number of halogens is 1. The van der Waals surface area contributed by atoms with Gasteiger partial charge in [-0.05, 0) is 61.9 Å². The lowest BCUT2D eigenvalue weighted by Crippen LogP contribution is -2.52. The van der Waals surface area contributed by atoms with Gasteiger partial charge in [-0.15, -0.1) is 0 Å². The monoisotopic (exact) mass is 372 g/mol. The fraction of sp³-hybridized carbons (Fsp3) is 0.316. The summed E-state index contributed by atoms with van der Waals surface area (Å²) in [5.74, 6) is 0.